The van der Waals surface area contributed by atoms with Crippen LogP contribution in [-0.4, -0.2) is 36.3 Å². The molecule has 0 atom stereocenters. The number of rotatable bonds is 3. The number of imidazole rings is 2. The van der Waals surface area contributed by atoms with E-state index in [1.807, 2.05) is 68.7 Å². The smallest absolute Gasteiger partial charge is 0.0794 e. The van der Waals surface area contributed by atoms with Crippen LogP contribution in [0.5, 0.6) is 0 Å². The Labute approximate surface area is 261 Å². The average Bonchev–Trinajstić information content (AvgIpc) is 3.56. The zero-order valence-corrected chi connectivity index (χ0v) is 26.0. The Balaban J connectivity index is 0.000000212. The maximum absolute atomic E-state index is 13.2. The Morgan fingerprint density at radius 3 is 1.72 bits per heavy atom. The van der Waals surface area contributed by atoms with Crippen molar-refractivity contribution in [2.24, 2.45) is 14.1 Å². The summed E-state index contributed by atoms with van der Waals surface area (Å²) in [5, 5.41) is 7.00. The number of aliphatic hydroxyl groups is 1. The summed E-state index contributed by atoms with van der Waals surface area (Å²) in [6, 6.07) is 35.5. The molecule has 3 aromatic heterocycles. The van der Waals surface area contributed by atoms with Crippen LogP contribution in [0.25, 0.3) is 56.1 Å². The van der Waals surface area contributed by atoms with Gasteiger partial charge in [0.15, 0.2) is 0 Å². The van der Waals surface area contributed by atoms with Crippen molar-refractivity contribution in [2.75, 3.05) is 7.11 Å². The van der Waals surface area contributed by atoms with Gasteiger partial charge in [0.2, 0.25) is 0 Å². The fraction of sp³-hybridized carbons (Fsp3) is 0.0882. The summed E-state index contributed by atoms with van der Waals surface area (Å²) in [4.78, 5) is 13.5. The van der Waals surface area contributed by atoms with E-state index >= 15 is 0 Å². The third-order valence-electron chi connectivity index (χ3n) is 6.63. The molecule has 0 aliphatic carbocycles. The van der Waals surface area contributed by atoms with Gasteiger partial charge in [0, 0.05) is 59.1 Å². The summed E-state index contributed by atoms with van der Waals surface area (Å²) in [5.41, 5.74) is 6.78. The van der Waals surface area contributed by atoms with E-state index in [1.54, 1.807) is 24.4 Å². The molecule has 0 aliphatic heterocycles. The molecular formula is C34H27F2IrN5O-2. The van der Waals surface area contributed by atoms with Crippen LogP contribution in [0.2, 0.25) is 0 Å². The monoisotopic (exact) mass is 752 g/mol. The molecule has 4 aromatic carbocycles. The van der Waals surface area contributed by atoms with Crippen LogP contribution < -0.4 is 0 Å². The van der Waals surface area contributed by atoms with E-state index in [-0.39, 0.29) is 25.7 Å². The molecule has 7 rings (SSSR count). The minimum Gasteiger partial charge on any atom is -0.400 e. The largest absolute Gasteiger partial charge is 0.400 e. The molecule has 0 saturated carbocycles. The Morgan fingerprint density at radius 2 is 1.23 bits per heavy atom. The molecule has 0 saturated heterocycles. The van der Waals surface area contributed by atoms with Crippen molar-refractivity contribution < 1.29 is 34.0 Å². The maximum atomic E-state index is 13.2. The summed E-state index contributed by atoms with van der Waals surface area (Å²) in [5.74, 6) is 0.532. The number of halogens is 2. The van der Waals surface area contributed by atoms with Crippen molar-refractivity contribution in [1.29, 1.82) is 0 Å². The Kier molecular flexibility index (Phi) is 10.3. The van der Waals surface area contributed by atoms with E-state index in [2.05, 4.69) is 38.4 Å². The maximum Gasteiger partial charge on any atom is 0.0794 e. The summed E-state index contributed by atoms with van der Waals surface area (Å²) < 4.78 is 30.0. The van der Waals surface area contributed by atoms with Crippen molar-refractivity contribution in [2.45, 2.75) is 0 Å². The molecule has 0 spiro atoms. The topological polar surface area (TPSA) is 68.8 Å². The molecule has 0 amide bonds. The van der Waals surface area contributed by atoms with E-state index in [0.29, 0.717) is 5.69 Å². The number of para-hydroxylation sites is 4. The molecule has 43 heavy (non-hydrogen) atoms. The summed E-state index contributed by atoms with van der Waals surface area (Å²) in [7, 11) is 5.08. The molecule has 1 radical (unpaired) electrons. The zero-order valence-electron chi connectivity index (χ0n) is 23.6. The van der Waals surface area contributed by atoms with Gasteiger partial charge in [0.25, 0.3) is 0 Å². The van der Waals surface area contributed by atoms with Gasteiger partial charge >= 0.3 is 0 Å². The van der Waals surface area contributed by atoms with Gasteiger partial charge in [-0.15, -0.1) is 36.4 Å². The van der Waals surface area contributed by atoms with Crippen LogP contribution in [0.15, 0.2) is 103 Å². The minimum absolute atomic E-state index is 0. The molecule has 219 valence electrons. The first-order valence-corrected chi connectivity index (χ1v) is 13.1. The number of fused-ring (bicyclic) bond motifs is 2. The number of hydrogen-bond donors (Lipinski definition) is 1. The van der Waals surface area contributed by atoms with Crippen molar-refractivity contribution in [1.82, 2.24) is 24.1 Å². The van der Waals surface area contributed by atoms with Gasteiger partial charge in [-0.3, -0.25) is 18.7 Å². The Bertz CT molecular complexity index is 1880. The van der Waals surface area contributed by atoms with Gasteiger partial charge in [-0.1, -0.05) is 59.2 Å². The Hall–Kier alpha value is -4.56. The molecule has 0 bridgehead atoms. The minimum atomic E-state index is -0.649. The van der Waals surface area contributed by atoms with E-state index in [1.165, 1.54) is 0 Å². The number of nitrogens with zero attached hydrogens (tertiary/aromatic N) is 5. The van der Waals surface area contributed by atoms with Crippen molar-refractivity contribution in [3.8, 4) is 34.0 Å². The quantitative estimate of drug-likeness (QED) is 0.197. The van der Waals surface area contributed by atoms with E-state index in [4.69, 9.17) is 15.1 Å². The third kappa shape index (κ3) is 6.59. The van der Waals surface area contributed by atoms with Crippen molar-refractivity contribution in [3.63, 3.8) is 0 Å². The summed E-state index contributed by atoms with van der Waals surface area (Å²) in [6.45, 7) is 0. The van der Waals surface area contributed by atoms with Crippen LogP contribution >= 0.6 is 0 Å². The normalized spacial score (nSPS) is 10.4. The van der Waals surface area contributed by atoms with Crippen LogP contribution in [-0.2, 0) is 34.2 Å². The molecular weight excluding hydrogens is 725 g/mol. The first kappa shape index (κ1) is 31.4. The van der Waals surface area contributed by atoms with Gasteiger partial charge in [0.05, 0.1) is 33.7 Å². The predicted molar refractivity (Wildman–Crippen MR) is 161 cm³/mol. The molecule has 0 fully saturated rings. The number of aromatic nitrogens is 5. The van der Waals surface area contributed by atoms with Gasteiger partial charge in [0.1, 0.15) is 0 Å². The van der Waals surface area contributed by atoms with Crippen molar-refractivity contribution >= 4 is 22.1 Å². The van der Waals surface area contributed by atoms with E-state index < -0.39 is 11.6 Å². The van der Waals surface area contributed by atoms with E-state index in [0.717, 1.165) is 64.1 Å². The average molecular weight is 752 g/mol. The molecule has 9 heteroatoms. The number of pyridine rings is 1. The molecule has 0 unspecified atom stereocenters. The predicted octanol–water partition coefficient (Wildman–Crippen LogP) is 7.03. The first-order valence-electron chi connectivity index (χ1n) is 13.1. The second kappa shape index (κ2) is 14.1. The van der Waals surface area contributed by atoms with E-state index in [9.17, 15) is 8.78 Å². The number of aliphatic hydroxyl groups excluding tert-OH is 1. The first-order chi connectivity index (χ1) is 20.5. The molecule has 1 N–H and O–H groups in total. The standard InChI is InChI=1S/C22H17N4.C11H6F2N.CH4O.Ir/c1-25-19-12-5-3-10-17(19)23-21(25)15-8-7-9-16(14-15)22-24-18-11-4-6-13-20(18)26(22)2;12-8-4-5-9(10(13)7-8)11-3-1-2-6-14-11;1-2;/h3-13H,1-2H3;1-4,6-7H;2H,1H3;/q2*-1;;. The van der Waals surface area contributed by atoms with Gasteiger partial charge in [-0.25, -0.2) is 0 Å². The van der Waals surface area contributed by atoms with Crippen molar-refractivity contribution in [3.05, 3.63) is 127 Å². The fourth-order valence-corrected chi connectivity index (χ4v) is 4.65. The number of benzene rings is 4. The molecule has 0 aliphatic rings. The fourth-order valence-electron chi connectivity index (χ4n) is 4.65. The molecule has 6 nitrogen and oxygen atoms in total. The number of aryl methyl sites for hydroxylation is 2. The third-order valence-corrected chi connectivity index (χ3v) is 6.63. The number of hydrogen-bond acceptors (Lipinski definition) is 4. The van der Waals surface area contributed by atoms with Gasteiger partial charge in [-0.2, -0.15) is 0 Å². The van der Waals surface area contributed by atoms with Gasteiger partial charge < -0.3 is 19.2 Å². The van der Waals surface area contributed by atoms with Crippen LogP contribution in [0.4, 0.5) is 8.78 Å². The van der Waals surface area contributed by atoms with Crippen LogP contribution in [0.1, 0.15) is 0 Å². The molecule has 7 aromatic rings. The summed E-state index contributed by atoms with van der Waals surface area (Å²) >= 11 is 0. The second-order valence-electron chi connectivity index (χ2n) is 9.20. The second-order valence-corrected chi connectivity index (χ2v) is 9.20. The van der Waals surface area contributed by atoms with Crippen LogP contribution in [0, 0.1) is 23.8 Å². The summed E-state index contributed by atoms with van der Waals surface area (Å²) in [6.07, 6.45) is 1.55. The van der Waals surface area contributed by atoms with Gasteiger partial charge in [-0.05, 0) is 36.0 Å². The van der Waals surface area contributed by atoms with Crippen LogP contribution in [0.3, 0.4) is 0 Å². The SMILES string of the molecule is CO.Cn1c(-c2[c-]c(-c3nc4ccccc4n3C)ccc2)nc2ccccc21.Fc1c[c-]c(-c2ccccn2)c(F)c1.[Ir]. The molecule has 3 heterocycles. The Morgan fingerprint density at radius 1 is 0.698 bits per heavy atom. The zero-order chi connectivity index (χ0) is 29.6.